The van der Waals surface area contributed by atoms with Crippen LogP contribution in [0, 0.1) is 13.8 Å². The number of amides is 1. The van der Waals surface area contributed by atoms with Gasteiger partial charge in [0.1, 0.15) is 12.4 Å². The van der Waals surface area contributed by atoms with Gasteiger partial charge in [-0.3, -0.25) is 4.79 Å². The fourth-order valence-corrected chi connectivity index (χ4v) is 3.67. The number of halogens is 1. The summed E-state index contributed by atoms with van der Waals surface area (Å²) in [5.74, 6) is 1.57. The lowest BCUT2D eigenvalue weighted by Gasteiger charge is -2.10. The van der Waals surface area contributed by atoms with Gasteiger partial charge in [0.05, 0.1) is 6.54 Å². The summed E-state index contributed by atoms with van der Waals surface area (Å²) in [7, 11) is 0. The maximum Gasteiger partial charge on any atom is 0.251 e. The Morgan fingerprint density at radius 2 is 1.69 bits per heavy atom. The molecule has 0 fully saturated rings. The molecule has 3 aromatic rings. The predicted molar refractivity (Wildman–Crippen MR) is 121 cm³/mol. The number of carbonyl (C=O) groups excluding carboxylic acids is 1. The summed E-state index contributed by atoms with van der Waals surface area (Å²) in [6.07, 6.45) is 0. The van der Waals surface area contributed by atoms with Gasteiger partial charge in [-0.25, -0.2) is 0 Å². The Morgan fingerprint density at radius 1 is 0.966 bits per heavy atom. The van der Waals surface area contributed by atoms with Gasteiger partial charge in [0, 0.05) is 21.2 Å². The van der Waals surface area contributed by atoms with E-state index < -0.39 is 0 Å². The quantitative estimate of drug-likeness (QED) is 0.352. The summed E-state index contributed by atoms with van der Waals surface area (Å²) < 4.78 is 5.70. The zero-order chi connectivity index (χ0) is 20.6. The minimum Gasteiger partial charge on any atom is -0.492 e. The third-order valence-electron chi connectivity index (χ3n) is 4.57. The summed E-state index contributed by atoms with van der Waals surface area (Å²) in [6.45, 7) is 5.02. The molecule has 0 bridgehead atoms. The molecule has 0 aromatic heterocycles. The van der Waals surface area contributed by atoms with E-state index in [9.17, 15) is 4.79 Å². The number of hydrogen-bond acceptors (Lipinski definition) is 3. The first-order chi connectivity index (χ1) is 14.0. The molecule has 29 heavy (non-hydrogen) atoms. The molecule has 3 aromatic carbocycles. The van der Waals surface area contributed by atoms with Gasteiger partial charge in [-0.1, -0.05) is 29.8 Å². The molecule has 3 rings (SSSR count). The number of hydrogen-bond donors (Lipinski definition) is 1. The second kappa shape index (κ2) is 10.4. The minimum atomic E-state index is -0.0920. The molecule has 0 aliphatic heterocycles. The van der Waals surface area contributed by atoms with Crippen molar-refractivity contribution in [1.29, 1.82) is 0 Å². The van der Waals surface area contributed by atoms with Crippen molar-refractivity contribution >= 4 is 29.3 Å². The third-order valence-corrected chi connectivity index (χ3v) is 5.91. The van der Waals surface area contributed by atoms with E-state index in [1.54, 1.807) is 11.8 Å². The molecule has 0 heterocycles. The van der Waals surface area contributed by atoms with Gasteiger partial charge in [-0.05, 0) is 79.1 Å². The smallest absolute Gasteiger partial charge is 0.251 e. The fourth-order valence-electron chi connectivity index (χ4n) is 2.69. The third kappa shape index (κ3) is 6.55. The molecule has 1 amide bonds. The molecular weight excluding hydrogens is 402 g/mol. The largest absolute Gasteiger partial charge is 0.492 e. The Hall–Kier alpha value is -2.43. The topological polar surface area (TPSA) is 38.3 Å². The maximum atomic E-state index is 12.3. The molecule has 3 nitrogen and oxygen atoms in total. The van der Waals surface area contributed by atoms with Crippen molar-refractivity contribution in [1.82, 2.24) is 5.32 Å². The average molecular weight is 426 g/mol. The molecule has 0 aliphatic carbocycles. The van der Waals surface area contributed by atoms with E-state index in [-0.39, 0.29) is 5.91 Å². The first-order valence-electron chi connectivity index (χ1n) is 9.47. The van der Waals surface area contributed by atoms with Crippen molar-refractivity contribution in [3.05, 3.63) is 94.0 Å². The Balaban J connectivity index is 1.42. The molecule has 0 saturated carbocycles. The van der Waals surface area contributed by atoms with Crippen LogP contribution in [-0.4, -0.2) is 19.1 Å². The van der Waals surface area contributed by atoms with Crippen molar-refractivity contribution in [2.24, 2.45) is 0 Å². The van der Waals surface area contributed by atoms with Gasteiger partial charge < -0.3 is 10.1 Å². The second-order valence-electron chi connectivity index (χ2n) is 6.79. The Morgan fingerprint density at radius 3 is 2.38 bits per heavy atom. The summed E-state index contributed by atoms with van der Waals surface area (Å²) in [5.41, 5.74) is 4.25. The molecule has 150 valence electrons. The highest BCUT2D eigenvalue weighted by atomic mass is 35.5. The number of carbonyl (C=O) groups is 1. The van der Waals surface area contributed by atoms with Crippen molar-refractivity contribution in [2.45, 2.75) is 24.5 Å². The maximum absolute atomic E-state index is 12.3. The van der Waals surface area contributed by atoms with Crippen LogP contribution in [-0.2, 0) is 5.75 Å². The molecule has 0 saturated heterocycles. The highest BCUT2D eigenvalue weighted by Crippen LogP contribution is 2.24. The molecule has 0 aliphatic rings. The number of rotatable bonds is 8. The zero-order valence-electron chi connectivity index (χ0n) is 16.6. The Kier molecular flexibility index (Phi) is 7.62. The Labute approximate surface area is 181 Å². The van der Waals surface area contributed by atoms with Crippen molar-refractivity contribution in [3.8, 4) is 5.75 Å². The van der Waals surface area contributed by atoms with E-state index in [0.717, 1.165) is 16.5 Å². The summed E-state index contributed by atoms with van der Waals surface area (Å²) >= 11 is 7.65. The SMILES string of the molecule is Cc1ccc(OCCNC(=O)c2ccc(CSc3ccc(Cl)cc3)cc2)cc1C. The normalized spacial score (nSPS) is 10.6. The van der Waals surface area contributed by atoms with E-state index in [1.165, 1.54) is 21.6 Å². The summed E-state index contributed by atoms with van der Waals surface area (Å²) in [5, 5.41) is 3.64. The number of benzene rings is 3. The minimum absolute atomic E-state index is 0.0920. The molecule has 0 radical (unpaired) electrons. The molecule has 1 N–H and O–H groups in total. The van der Waals surface area contributed by atoms with Crippen molar-refractivity contribution in [2.75, 3.05) is 13.2 Å². The molecule has 0 atom stereocenters. The summed E-state index contributed by atoms with van der Waals surface area (Å²) in [4.78, 5) is 13.5. The first kappa shape index (κ1) is 21.3. The van der Waals surface area contributed by atoms with E-state index in [4.69, 9.17) is 16.3 Å². The number of thioether (sulfide) groups is 1. The fraction of sp³-hybridized carbons (Fsp3) is 0.208. The van der Waals surface area contributed by atoms with Gasteiger partial charge in [0.15, 0.2) is 0 Å². The molecule has 5 heteroatoms. The molecular formula is C24H24ClNO2S. The van der Waals surface area contributed by atoms with Crippen molar-refractivity contribution < 1.29 is 9.53 Å². The second-order valence-corrected chi connectivity index (χ2v) is 8.28. The van der Waals surface area contributed by atoms with Crippen LogP contribution in [0.2, 0.25) is 5.02 Å². The van der Waals surface area contributed by atoms with Crippen LogP contribution in [0.25, 0.3) is 0 Å². The standard InChI is InChI=1S/C24H24ClNO2S/c1-17-3-10-22(15-18(17)2)28-14-13-26-24(27)20-6-4-19(5-7-20)16-29-23-11-8-21(25)9-12-23/h3-12,15H,13-14,16H2,1-2H3,(H,26,27). The summed E-state index contributed by atoms with van der Waals surface area (Å²) in [6, 6.07) is 21.5. The molecule has 0 unspecified atom stereocenters. The number of aryl methyl sites for hydroxylation is 2. The number of ether oxygens (including phenoxy) is 1. The average Bonchev–Trinajstić information content (AvgIpc) is 2.73. The monoisotopic (exact) mass is 425 g/mol. The molecule has 0 spiro atoms. The van der Waals surface area contributed by atoms with Gasteiger partial charge in [-0.2, -0.15) is 0 Å². The number of nitrogens with one attached hydrogen (secondary N) is 1. The van der Waals surface area contributed by atoms with Gasteiger partial charge >= 0.3 is 0 Å². The Bertz CT molecular complexity index is 956. The van der Waals surface area contributed by atoms with Gasteiger partial charge in [0.2, 0.25) is 0 Å². The van der Waals surface area contributed by atoms with E-state index in [2.05, 4.69) is 19.2 Å². The van der Waals surface area contributed by atoms with Crippen LogP contribution in [0.4, 0.5) is 0 Å². The predicted octanol–water partition coefficient (Wildman–Crippen LogP) is 6.06. The van der Waals surface area contributed by atoms with Crippen LogP contribution >= 0.6 is 23.4 Å². The van der Waals surface area contributed by atoms with Crippen LogP contribution in [0.3, 0.4) is 0 Å². The highest BCUT2D eigenvalue weighted by Gasteiger charge is 2.06. The van der Waals surface area contributed by atoms with E-state index in [0.29, 0.717) is 18.7 Å². The highest BCUT2D eigenvalue weighted by molar-refractivity contribution is 7.98. The zero-order valence-corrected chi connectivity index (χ0v) is 18.1. The lowest BCUT2D eigenvalue weighted by atomic mass is 10.1. The van der Waals surface area contributed by atoms with Gasteiger partial charge in [0.25, 0.3) is 5.91 Å². The van der Waals surface area contributed by atoms with Gasteiger partial charge in [-0.15, -0.1) is 11.8 Å². The van der Waals surface area contributed by atoms with Crippen LogP contribution in [0.1, 0.15) is 27.0 Å². The van der Waals surface area contributed by atoms with Crippen LogP contribution in [0.15, 0.2) is 71.6 Å². The first-order valence-corrected chi connectivity index (χ1v) is 10.8. The van der Waals surface area contributed by atoms with E-state index >= 15 is 0 Å². The van der Waals surface area contributed by atoms with Crippen LogP contribution < -0.4 is 10.1 Å². The lowest BCUT2D eigenvalue weighted by Crippen LogP contribution is -2.28. The lowest BCUT2D eigenvalue weighted by molar-refractivity contribution is 0.0947. The van der Waals surface area contributed by atoms with Crippen LogP contribution in [0.5, 0.6) is 5.75 Å². The van der Waals surface area contributed by atoms with Crippen molar-refractivity contribution in [3.63, 3.8) is 0 Å². The van der Waals surface area contributed by atoms with E-state index in [1.807, 2.05) is 66.7 Å².